The fraction of sp³-hybridized carbons (Fsp3) is 0.550. The third-order valence-corrected chi connectivity index (χ3v) is 5.54. The van der Waals surface area contributed by atoms with E-state index in [0.29, 0.717) is 25.2 Å². The molecule has 1 saturated heterocycles. The maximum absolute atomic E-state index is 5.83. The minimum atomic E-state index is 0.410. The Kier molecular flexibility index (Phi) is 5.13. The van der Waals surface area contributed by atoms with E-state index in [9.17, 15) is 0 Å². The Hall–Kier alpha value is -2.05. The predicted molar refractivity (Wildman–Crippen MR) is 100 cm³/mol. The average Bonchev–Trinajstić information content (AvgIpc) is 3.08. The Labute approximate surface area is 155 Å². The summed E-state index contributed by atoms with van der Waals surface area (Å²) in [6, 6.07) is 8.70. The minimum Gasteiger partial charge on any atom is -0.486 e. The Morgan fingerprint density at radius 3 is 2.92 bits per heavy atom. The molecule has 1 N–H and O–H groups in total. The molecule has 0 spiro atoms. The maximum Gasteiger partial charge on any atom is 0.165 e. The Morgan fingerprint density at radius 2 is 2.08 bits per heavy atom. The summed E-state index contributed by atoms with van der Waals surface area (Å²) >= 11 is 0. The van der Waals surface area contributed by atoms with Crippen LogP contribution in [0.25, 0.3) is 0 Å². The lowest BCUT2D eigenvalue weighted by molar-refractivity contribution is 0.112. The monoisotopic (exact) mass is 356 g/mol. The lowest BCUT2D eigenvalue weighted by Crippen LogP contribution is -2.41. The van der Waals surface area contributed by atoms with Gasteiger partial charge in [-0.3, -0.25) is 9.58 Å². The first-order chi connectivity index (χ1) is 12.7. The molecule has 1 aromatic carbocycles. The van der Waals surface area contributed by atoms with Crippen LogP contribution in [-0.2, 0) is 13.6 Å². The molecule has 2 atom stereocenters. The molecule has 0 radical (unpaired) electrons. The van der Waals surface area contributed by atoms with Gasteiger partial charge in [-0.05, 0) is 44.5 Å². The van der Waals surface area contributed by atoms with Crippen LogP contribution in [-0.4, -0.2) is 48.0 Å². The van der Waals surface area contributed by atoms with Gasteiger partial charge in [0.25, 0.3) is 0 Å². The van der Waals surface area contributed by atoms with E-state index in [0.717, 1.165) is 31.1 Å². The molecular formula is C20H28N4O2. The minimum absolute atomic E-state index is 0.410. The van der Waals surface area contributed by atoms with Crippen molar-refractivity contribution in [1.82, 2.24) is 20.0 Å². The van der Waals surface area contributed by atoms with Gasteiger partial charge in [-0.2, -0.15) is 5.10 Å². The molecule has 2 aromatic rings. The van der Waals surface area contributed by atoms with Crippen molar-refractivity contribution in [3.05, 3.63) is 41.7 Å². The first-order valence-corrected chi connectivity index (χ1v) is 9.50. The highest BCUT2D eigenvalue weighted by Gasteiger charge is 2.32. The van der Waals surface area contributed by atoms with Crippen LogP contribution in [0.1, 0.15) is 30.1 Å². The number of piperidine rings is 1. The van der Waals surface area contributed by atoms with Crippen LogP contribution < -0.4 is 14.8 Å². The molecule has 3 heterocycles. The summed E-state index contributed by atoms with van der Waals surface area (Å²) < 4.78 is 13.5. The van der Waals surface area contributed by atoms with E-state index >= 15 is 0 Å². The predicted octanol–water partition coefficient (Wildman–Crippen LogP) is 2.36. The second-order valence-corrected chi connectivity index (χ2v) is 7.28. The zero-order valence-corrected chi connectivity index (χ0v) is 15.6. The normalized spacial score (nSPS) is 23.2. The molecule has 0 aliphatic carbocycles. The molecule has 2 aliphatic heterocycles. The molecule has 6 heteroatoms. The number of nitrogens with one attached hydrogen (secondary N) is 1. The number of hydrogen-bond donors (Lipinski definition) is 1. The largest absolute Gasteiger partial charge is 0.486 e. The lowest BCUT2D eigenvalue weighted by atomic mass is 9.87. The number of aromatic nitrogens is 2. The van der Waals surface area contributed by atoms with Crippen LogP contribution in [0.15, 0.2) is 30.5 Å². The van der Waals surface area contributed by atoms with Crippen molar-refractivity contribution in [3.8, 4) is 11.5 Å². The summed E-state index contributed by atoms with van der Waals surface area (Å²) in [4.78, 5) is 2.47. The zero-order valence-electron chi connectivity index (χ0n) is 15.6. The summed E-state index contributed by atoms with van der Waals surface area (Å²) in [5.41, 5.74) is 2.47. The molecule has 26 heavy (non-hydrogen) atoms. The SMILES string of the molecule is CN1CCC[C@@H](CNCc2cccc3c2OCCO3)[C@@H]1c1ccnn1C. The summed E-state index contributed by atoms with van der Waals surface area (Å²) in [6.07, 6.45) is 4.38. The zero-order chi connectivity index (χ0) is 17.9. The molecule has 6 nitrogen and oxygen atoms in total. The molecular weight excluding hydrogens is 328 g/mol. The molecule has 2 aliphatic rings. The number of nitrogens with zero attached hydrogens (tertiary/aromatic N) is 3. The van der Waals surface area contributed by atoms with E-state index in [2.05, 4.69) is 34.5 Å². The number of benzene rings is 1. The van der Waals surface area contributed by atoms with Crippen molar-refractivity contribution >= 4 is 0 Å². The van der Waals surface area contributed by atoms with Crippen LogP contribution in [0.4, 0.5) is 0 Å². The highest BCUT2D eigenvalue weighted by molar-refractivity contribution is 5.47. The van der Waals surface area contributed by atoms with Gasteiger partial charge in [0, 0.05) is 31.9 Å². The van der Waals surface area contributed by atoms with Crippen LogP contribution in [0.5, 0.6) is 11.5 Å². The molecule has 1 fully saturated rings. The van der Waals surface area contributed by atoms with Gasteiger partial charge in [0.2, 0.25) is 0 Å². The summed E-state index contributed by atoms with van der Waals surface area (Å²) in [7, 11) is 4.26. The number of para-hydroxylation sites is 1. The Morgan fingerprint density at radius 1 is 1.19 bits per heavy atom. The van der Waals surface area contributed by atoms with Gasteiger partial charge < -0.3 is 14.8 Å². The van der Waals surface area contributed by atoms with E-state index < -0.39 is 0 Å². The number of rotatable bonds is 5. The van der Waals surface area contributed by atoms with E-state index in [1.807, 2.05) is 30.1 Å². The van der Waals surface area contributed by atoms with E-state index in [1.54, 1.807) is 0 Å². The number of fused-ring (bicyclic) bond motifs is 1. The number of aryl methyl sites for hydroxylation is 1. The van der Waals surface area contributed by atoms with Crippen molar-refractivity contribution in [2.75, 3.05) is 33.4 Å². The first kappa shape index (κ1) is 17.4. The van der Waals surface area contributed by atoms with E-state index in [1.165, 1.54) is 24.1 Å². The van der Waals surface area contributed by atoms with Crippen LogP contribution in [0, 0.1) is 5.92 Å². The van der Waals surface area contributed by atoms with E-state index in [-0.39, 0.29) is 0 Å². The van der Waals surface area contributed by atoms with Gasteiger partial charge in [0.05, 0.1) is 11.7 Å². The average molecular weight is 356 g/mol. The summed E-state index contributed by atoms with van der Waals surface area (Å²) in [6.45, 7) is 4.17. The molecule has 4 rings (SSSR count). The van der Waals surface area contributed by atoms with Gasteiger partial charge in [-0.15, -0.1) is 0 Å². The lowest BCUT2D eigenvalue weighted by Gasteiger charge is -2.39. The Bertz CT molecular complexity index is 745. The molecule has 0 bridgehead atoms. The number of hydrogen-bond acceptors (Lipinski definition) is 5. The van der Waals surface area contributed by atoms with Crippen molar-refractivity contribution in [3.63, 3.8) is 0 Å². The molecule has 0 amide bonds. The summed E-state index contributed by atoms with van der Waals surface area (Å²) in [5.74, 6) is 2.33. The van der Waals surface area contributed by atoms with Crippen molar-refractivity contribution in [2.24, 2.45) is 13.0 Å². The van der Waals surface area contributed by atoms with Gasteiger partial charge in [-0.1, -0.05) is 12.1 Å². The van der Waals surface area contributed by atoms with Gasteiger partial charge in [0.15, 0.2) is 11.5 Å². The van der Waals surface area contributed by atoms with E-state index in [4.69, 9.17) is 9.47 Å². The van der Waals surface area contributed by atoms with Crippen LogP contribution in [0.2, 0.25) is 0 Å². The van der Waals surface area contributed by atoms with Crippen molar-refractivity contribution in [1.29, 1.82) is 0 Å². The number of ether oxygens (including phenoxy) is 2. The smallest absolute Gasteiger partial charge is 0.165 e. The topological polar surface area (TPSA) is 51.6 Å². The van der Waals surface area contributed by atoms with Crippen LogP contribution >= 0.6 is 0 Å². The summed E-state index contributed by atoms with van der Waals surface area (Å²) in [5, 5.41) is 8.04. The third kappa shape index (κ3) is 3.44. The van der Waals surface area contributed by atoms with Crippen molar-refractivity contribution < 1.29 is 9.47 Å². The van der Waals surface area contributed by atoms with Gasteiger partial charge >= 0.3 is 0 Å². The maximum atomic E-state index is 5.83. The fourth-order valence-corrected chi connectivity index (χ4v) is 4.28. The highest BCUT2D eigenvalue weighted by atomic mass is 16.6. The molecule has 0 unspecified atom stereocenters. The first-order valence-electron chi connectivity index (χ1n) is 9.50. The third-order valence-electron chi connectivity index (χ3n) is 5.54. The standard InChI is InChI=1S/C20H28N4O2/c1-23-10-4-6-15(19(23)17-8-9-22-24(17)2)13-21-14-16-5-3-7-18-20(16)26-12-11-25-18/h3,5,7-9,15,19,21H,4,6,10-14H2,1-2H3/t15-,19+/m0/s1. The molecule has 1 aromatic heterocycles. The Balaban J connectivity index is 1.43. The fourth-order valence-electron chi connectivity index (χ4n) is 4.28. The highest BCUT2D eigenvalue weighted by Crippen LogP contribution is 2.35. The number of likely N-dealkylation sites (tertiary alicyclic amines) is 1. The molecule has 0 saturated carbocycles. The van der Waals surface area contributed by atoms with Crippen molar-refractivity contribution in [2.45, 2.75) is 25.4 Å². The van der Waals surface area contributed by atoms with Crippen LogP contribution in [0.3, 0.4) is 0 Å². The van der Waals surface area contributed by atoms with Gasteiger partial charge in [-0.25, -0.2) is 0 Å². The molecule has 140 valence electrons. The second kappa shape index (κ2) is 7.68. The van der Waals surface area contributed by atoms with Gasteiger partial charge in [0.1, 0.15) is 13.2 Å². The second-order valence-electron chi connectivity index (χ2n) is 7.28. The quantitative estimate of drug-likeness (QED) is 0.891.